The van der Waals surface area contributed by atoms with Gasteiger partial charge in [0.15, 0.2) is 0 Å². The third-order valence-corrected chi connectivity index (χ3v) is 3.64. The molecule has 88 valence electrons. The average molecular weight is 240 g/mol. The Morgan fingerprint density at radius 1 is 1.50 bits per heavy atom. The van der Waals surface area contributed by atoms with Crippen LogP contribution >= 0.6 is 11.6 Å². The molecule has 0 amide bonds. The predicted molar refractivity (Wildman–Crippen MR) is 66.8 cm³/mol. The van der Waals surface area contributed by atoms with E-state index in [9.17, 15) is 0 Å². The molecule has 1 aromatic carbocycles. The molecule has 1 aromatic rings. The van der Waals surface area contributed by atoms with Gasteiger partial charge in [-0.25, -0.2) is 0 Å². The molecule has 0 bridgehead atoms. The van der Waals surface area contributed by atoms with E-state index < -0.39 is 0 Å². The molecule has 3 heteroatoms. The van der Waals surface area contributed by atoms with Crippen LogP contribution in [0.4, 0.5) is 0 Å². The molecule has 0 saturated carbocycles. The summed E-state index contributed by atoms with van der Waals surface area (Å²) in [6, 6.07) is 6.04. The SMILES string of the molecule is COCc1cccc(Cl)c1C1(C)CCCN1. The van der Waals surface area contributed by atoms with Crippen molar-refractivity contribution in [1.82, 2.24) is 5.32 Å². The molecule has 1 aliphatic heterocycles. The van der Waals surface area contributed by atoms with Gasteiger partial charge in [-0.3, -0.25) is 0 Å². The molecule has 0 radical (unpaired) electrons. The number of rotatable bonds is 3. The lowest BCUT2D eigenvalue weighted by Gasteiger charge is -2.28. The second kappa shape index (κ2) is 4.74. The topological polar surface area (TPSA) is 21.3 Å². The Morgan fingerprint density at radius 3 is 2.94 bits per heavy atom. The van der Waals surface area contributed by atoms with Crippen molar-refractivity contribution in [3.05, 3.63) is 34.3 Å². The molecule has 2 nitrogen and oxygen atoms in total. The van der Waals surface area contributed by atoms with Gasteiger partial charge in [0, 0.05) is 17.7 Å². The fourth-order valence-corrected chi connectivity index (χ4v) is 2.97. The fraction of sp³-hybridized carbons (Fsp3) is 0.538. The first-order valence-electron chi connectivity index (χ1n) is 5.69. The van der Waals surface area contributed by atoms with Gasteiger partial charge in [-0.05, 0) is 43.5 Å². The maximum atomic E-state index is 6.34. The van der Waals surface area contributed by atoms with Gasteiger partial charge in [-0.15, -0.1) is 0 Å². The van der Waals surface area contributed by atoms with Crippen molar-refractivity contribution < 1.29 is 4.74 Å². The predicted octanol–water partition coefficient (Wildman–Crippen LogP) is 3.09. The standard InChI is InChI=1S/C13H18ClNO/c1-13(7-4-8-15-13)12-10(9-16-2)5-3-6-11(12)14/h3,5-6,15H,4,7-9H2,1-2H3. The van der Waals surface area contributed by atoms with Gasteiger partial charge in [0.25, 0.3) is 0 Å². The second-order valence-corrected chi connectivity index (χ2v) is 4.98. The Labute approximate surface area is 102 Å². The van der Waals surface area contributed by atoms with Gasteiger partial charge in [-0.2, -0.15) is 0 Å². The van der Waals surface area contributed by atoms with Gasteiger partial charge in [0.05, 0.1) is 6.61 Å². The first kappa shape index (κ1) is 11.9. The zero-order valence-corrected chi connectivity index (χ0v) is 10.6. The molecule has 1 unspecified atom stereocenters. The summed E-state index contributed by atoms with van der Waals surface area (Å²) in [5, 5.41) is 4.39. The summed E-state index contributed by atoms with van der Waals surface area (Å²) in [5.74, 6) is 0. The van der Waals surface area contributed by atoms with Crippen LogP contribution in [0.25, 0.3) is 0 Å². The number of hydrogen-bond donors (Lipinski definition) is 1. The van der Waals surface area contributed by atoms with Crippen LogP contribution in [0, 0.1) is 0 Å². The van der Waals surface area contributed by atoms with Crippen LogP contribution in [-0.2, 0) is 16.9 Å². The van der Waals surface area contributed by atoms with Crippen LogP contribution in [0.3, 0.4) is 0 Å². The van der Waals surface area contributed by atoms with Crippen molar-refractivity contribution >= 4 is 11.6 Å². The normalized spacial score (nSPS) is 24.9. The van der Waals surface area contributed by atoms with Crippen LogP contribution in [0.2, 0.25) is 5.02 Å². The van der Waals surface area contributed by atoms with Crippen molar-refractivity contribution in [1.29, 1.82) is 0 Å². The maximum absolute atomic E-state index is 6.34. The minimum absolute atomic E-state index is 0.00616. The Bertz CT molecular complexity index is 372. The number of benzene rings is 1. The summed E-state index contributed by atoms with van der Waals surface area (Å²) < 4.78 is 5.24. The molecule has 1 saturated heterocycles. The maximum Gasteiger partial charge on any atom is 0.0716 e. The molecule has 0 spiro atoms. The first-order valence-corrected chi connectivity index (χ1v) is 6.07. The van der Waals surface area contributed by atoms with E-state index in [4.69, 9.17) is 16.3 Å². The fourth-order valence-electron chi connectivity index (χ4n) is 2.57. The molecule has 0 aromatic heterocycles. The third-order valence-electron chi connectivity index (χ3n) is 3.32. The van der Waals surface area contributed by atoms with Gasteiger partial charge < -0.3 is 10.1 Å². The number of ether oxygens (including phenoxy) is 1. The third kappa shape index (κ3) is 2.10. The summed E-state index contributed by atoms with van der Waals surface area (Å²) >= 11 is 6.34. The molecule has 1 N–H and O–H groups in total. The molecule has 16 heavy (non-hydrogen) atoms. The lowest BCUT2D eigenvalue weighted by atomic mass is 9.87. The van der Waals surface area contributed by atoms with Gasteiger partial charge in [0.2, 0.25) is 0 Å². The van der Waals surface area contributed by atoms with Crippen LogP contribution in [0.15, 0.2) is 18.2 Å². The van der Waals surface area contributed by atoms with E-state index in [0.29, 0.717) is 6.61 Å². The molecule has 0 aliphatic carbocycles. The highest BCUT2D eigenvalue weighted by Gasteiger charge is 2.33. The molecule has 2 rings (SSSR count). The van der Waals surface area contributed by atoms with Crippen LogP contribution < -0.4 is 5.32 Å². The monoisotopic (exact) mass is 239 g/mol. The zero-order chi connectivity index (χ0) is 11.6. The highest BCUT2D eigenvalue weighted by Crippen LogP contribution is 2.37. The quantitative estimate of drug-likeness (QED) is 0.875. The summed E-state index contributed by atoms with van der Waals surface area (Å²) in [7, 11) is 1.72. The molecule has 1 heterocycles. The van der Waals surface area contributed by atoms with Crippen molar-refractivity contribution in [2.45, 2.75) is 31.9 Å². The van der Waals surface area contributed by atoms with Crippen molar-refractivity contribution in [2.24, 2.45) is 0 Å². The van der Waals surface area contributed by atoms with E-state index in [2.05, 4.69) is 18.3 Å². The number of nitrogens with one attached hydrogen (secondary N) is 1. The number of methoxy groups -OCH3 is 1. The Morgan fingerprint density at radius 2 is 2.31 bits per heavy atom. The number of halogens is 1. The highest BCUT2D eigenvalue weighted by atomic mass is 35.5. The van der Waals surface area contributed by atoms with E-state index in [1.165, 1.54) is 17.5 Å². The molecule has 1 atom stereocenters. The smallest absolute Gasteiger partial charge is 0.0716 e. The summed E-state index contributed by atoms with van der Waals surface area (Å²) in [6.07, 6.45) is 2.33. The van der Waals surface area contributed by atoms with Gasteiger partial charge >= 0.3 is 0 Å². The van der Waals surface area contributed by atoms with E-state index in [1.54, 1.807) is 7.11 Å². The lowest BCUT2D eigenvalue weighted by molar-refractivity contribution is 0.182. The highest BCUT2D eigenvalue weighted by molar-refractivity contribution is 6.31. The largest absolute Gasteiger partial charge is 0.380 e. The lowest BCUT2D eigenvalue weighted by Crippen LogP contribution is -2.34. The van der Waals surface area contributed by atoms with E-state index in [1.807, 2.05) is 12.1 Å². The molecular formula is C13H18ClNO. The van der Waals surface area contributed by atoms with Crippen LogP contribution in [0.5, 0.6) is 0 Å². The van der Waals surface area contributed by atoms with Gasteiger partial charge in [0.1, 0.15) is 0 Å². The minimum atomic E-state index is 0.00616. The van der Waals surface area contributed by atoms with E-state index in [0.717, 1.165) is 18.0 Å². The minimum Gasteiger partial charge on any atom is -0.380 e. The van der Waals surface area contributed by atoms with Crippen molar-refractivity contribution in [2.75, 3.05) is 13.7 Å². The first-order chi connectivity index (χ1) is 7.67. The summed E-state index contributed by atoms with van der Waals surface area (Å²) in [6.45, 7) is 3.90. The summed E-state index contributed by atoms with van der Waals surface area (Å²) in [5.41, 5.74) is 2.40. The number of hydrogen-bond acceptors (Lipinski definition) is 2. The summed E-state index contributed by atoms with van der Waals surface area (Å²) in [4.78, 5) is 0. The van der Waals surface area contributed by atoms with Crippen LogP contribution in [-0.4, -0.2) is 13.7 Å². The Kier molecular flexibility index (Phi) is 3.53. The van der Waals surface area contributed by atoms with Crippen molar-refractivity contribution in [3.63, 3.8) is 0 Å². The molecular weight excluding hydrogens is 222 g/mol. The average Bonchev–Trinajstić information content (AvgIpc) is 2.66. The zero-order valence-electron chi connectivity index (χ0n) is 9.85. The van der Waals surface area contributed by atoms with E-state index in [-0.39, 0.29) is 5.54 Å². The molecule has 1 fully saturated rings. The van der Waals surface area contributed by atoms with Gasteiger partial charge in [-0.1, -0.05) is 23.7 Å². The van der Waals surface area contributed by atoms with Crippen LogP contribution in [0.1, 0.15) is 30.9 Å². The second-order valence-electron chi connectivity index (χ2n) is 4.57. The van der Waals surface area contributed by atoms with E-state index >= 15 is 0 Å². The Hall–Kier alpha value is -0.570. The molecule has 1 aliphatic rings. The Balaban J connectivity index is 2.44. The van der Waals surface area contributed by atoms with Crippen molar-refractivity contribution in [3.8, 4) is 0 Å².